The van der Waals surface area contributed by atoms with Crippen molar-refractivity contribution in [1.82, 2.24) is 25.2 Å². The van der Waals surface area contributed by atoms with Crippen LogP contribution in [0.2, 0.25) is 0 Å². The molecule has 1 atom stereocenters. The fourth-order valence-electron chi connectivity index (χ4n) is 2.68. The van der Waals surface area contributed by atoms with Gasteiger partial charge in [-0.25, -0.2) is 0 Å². The lowest BCUT2D eigenvalue weighted by Crippen LogP contribution is -2.39. The summed E-state index contributed by atoms with van der Waals surface area (Å²) in [6.07, 6.45) is 3.65. The first-order valence-corrected chi connectivity index (χ1v) is 7.14. The molecule has 1 amide bonds. The van der Waals surface area contributed by atoms with Crippen LogP contribution < -0.4 is 0 Å². The van der Waals surface area contributed by atoms with Crippen LogP contribution in [0.15, 0.2) is 29.0 Å². The molecule has 1 fully saturated rings. The Morgan fingerprint density at radius 1 is 1.64 bits per heavy atom. The number of aliphatic hydroxyl groups is 1. The lowest BCUT2D eigenvalue weighted by molar-refractivity contribution is -0.131. The van der Waals surface area contributed by atoms with Gasteiger partial charge in [-0.15, -0.1) is 0 Å². The van der Waals surface area contributed by atoms with Gasteiger partial charge in [0.25, 0.3) is 0 Å². The fraction of sp³-hybridized carbons (Fsp3) is 0.500. The Morgan fingerprint density at radius 2 is 2.50 bits per heavy atom. The second-order valence-corrected chi connectivity index (χ2v) is 5.68. The van der Waals surface area contributed by atoms with Crippen molar-refractivity contribution < 1.29 is 14.3 Å². The van der Waals surface area contributed by atoms with Gasteiger partial charge in [-0.05, 0) is 18.6 Å². The quantitative estimate of drug-likeness (QED) is 0.803. The summed E-state index contributed by atoms with van der Waals surface area (Å²) < 4.78 is 5.24. The van der Waals surface area contributed by atoms with Crippen molar-refractivity contribution in [1.29, 1.82) is 0 Å². The molecule has 0 bridgehead atoms. The molecule has 1 aliphatic rings. The zero-order valence-corrected chi connectivity index (χ0v) is 12.4. The van der Waals surface area contributed by atoms with E-state index in [9.17, 15) is 9.90 Å². The molecular weight excluding hydrogens is 286 g/mol. The van der Waals surface area contributed by atoms with Gasteiger partial charge in [0.1, 0.15) is 17.1 Å². The van der Waals surface area contributed by atoms with Crippen LogP contribution in [0.1, 0.15) is 17.9 Å². The minimum absolute atomic E-state index is 0.0131. The molecule has 1 saturated heterocycles. The van der Waals surface area contributed by atoms with Crippen molar-refractivity contribution in [3.8, 4) is 0 Å². The molecule has 22 heavy (non-hydrogen) atoms. The van der Waals surface area contributed by atoms with Gasteiger partial charge in [0.05, 0.1) is 25.5 Å². The number of aromatic nitrogens is 3. The summed E-state index contributed by atoms with van der Waals surface area (Å²) in [6, 6.07) is 3.63. The molecule has 1 aliphatic heterocycles. The highest BCUT2D eigenvalue weighted by Crippen LogP contribution is 2.29. The molecular formula is C14H19N5O3. The number of furan rings is 1. The smallest absolute Gasteiger partial charge is 0.236 e. The van der Waals surface area contributed by atoms with E-state index in [1.165, 1.54) is 6.20 Å². The summed E-state index contributed by atoms with van der Waals surface area (Å²) in [4.78, 5) is 15.8. The van der Waals surface area contributed by atoms with Crippen molar-refractivity contribution in [2.45, 2.75) is 18.6 Å². The molecule has 0 spiro atoms. The zero-order valence-electron chi connectivity index (χ0n) is 12.4. The zero-order chi connectivity index (χ0) is 15.6. The van der Waals surface area contributed by atoms with E-state index in [2.05, 4.69) is 15.4 Å². The van der Waals surface area contributed by atoms with E-state index in [0.29, 0.717) is 31.7 Å². The van der Waals surface area contributed by atoms with Crippen molar-refractivity contribution in [2.24, 2.45) is 0 Å². The van der Waals surface area contributed by atoms with Crippen molar-refractivity contribution >= 4 is 5.91 Å². The van der Waals surface area contributed by atoms with Crippen LogP contribution >= 0.6 is 0 Å². The first kappa shape index (κ1) is 14.7. The predicted molar refractivity (Wildman–Crippen MR) is 76.5 cm³/mol. The van der Waals surface area contributed by atoms with E-state index in [0.717, 1.165) is 5.76 Å². The topological polar surface area (TPSA) is 98.5 Å². The van der Waals surface area contributed by atoms with Crippen LogP contribution in [0.25, 0.3) is 0 Å². The fourth-order valence-corrected chi connectivity index (χ4v) is 2.68. The maximum Gasteiger partial charge on any atom is 0.236 e. The van der Waals surface area contributed by atoms with Gasteiger partial charge >= 0.3 is 0 Å². The summed E-state index contributed by atoms with van der Waals surface area (Å²) >= 11 is 0. The van der Waals surface area contributed by atoms with Crippen molar-refractivity contribution in [2.75, 3.05) is 26.7 Å². The first-order chi connectivity index (χ1) is 10.6. The molecule has 0 radical (unpaired) electrons. The van der Waals surface area contributed by atoms with Crippen molar-refractivity contribution in [3.05, 3.63) is 36.0 Å². The molecule has 0 unspecified atom stereocenters. The Balaban J connectivity index is 1.54. The van der Waals surface area contributed by atoms with Crippen LogP contribution in [0.3, 0.4) is 0 Å². The standard InChI is InChI=1S/C14H19N5O3/c1-18(8-11-3-2-6-22-11)13(20)9-19-5-4-14(21,10-19)12-7-15-17-16-12/h2-3,6-7,21H,4-5,8-10H2,1H3,(H,15,16,17)/t14-/m1/s1. The number of aromatic amines is 1. The third-order valence-electron chi connectivity index (χ3n) is 3.98. The van der Waals surface area contributed by atoms with Crippen LogP contribution in [-0.2, 0) is 16.9 Å². The lowest BCUT2D eigenvalue weighted by atomic mass is 10.0. The molecule has 8 nitrogen and oxygen atoms in total. The monoisotopic (exact) mass is 305 g/mol. The number of rotatable bonds is 5. The maximum atomic E-state index is 12.2. The highest BCUT2D eigenvalue weighted by Gasteiger charge is 2.40. The third-order valence-corrected chi connectivity index (χ3v) is 3.98. The minimum atomic E-state index is -1.03. The Bertz CT molecular complexity index is 612. The van der Waals surface area contributed by atoms with E-state index in [1.807, 2.05) is 11.0 Å². The maximum absolute atomic E-state index is 12.2. The third kappa shape index (κ3) is 3.02. The van der Waals surface area contributed by atoms with Crippen LogP contribution in [0.5, 0.6) is 0 Å². The molecule has 118 valence electrons. The average molecular weight is 305 g/mol. The first-order valence-electron chi connectivity index (χ1n) is 7.14. The largest absolute Gasteiger partial charge is 0.467 e. The van der Waals surface area contributed by atoms with Gasteiger partial charge in [-0.2, -0.15) is 15.4 Å². The van der Waals surface area contributed by atoms with Crippen LogP contribution in [-0.4, -0.2) is 62.9 Å². The second-order valence-electron chi connectivity index (χ2n) is 5.68. The summed E-state index contributed by atoms with van der Waals surface area (Å²) in [6.45, 7) is 1.72. The molecule has 2 aromatic heterocycles. The Labute approximate surface area is 127 Å². The molecule has 0 saturated carbocycles. The van der Waals surface area contributed by atoms with E-state index in [-0.39, 0.29) is 12.5 Å². The normalized spacial score (nSPS) is 22.1. The SMILES string of the molecule is CN(Cc1ccco1)C(=O)CN1CC[C@](O)(c2cn[nH]n2)C1. The van der Waals surface area contributed by atoms with Gasteiger partial charge in [-0.3, -0.25) is 9.69 Å². The van der Waals surface area contributed by atoms with Gasteiger partial charge in [0.15, 0.2) is 0 Å². The van der Waals surface area contributed by atoms with E-state index >= 15 is 0 Å². The number of nitrogens with zero attached hydrogens (tertiary/aromatic N) is 4. The minimum Gasteiger partial charge on any atom is -0.467 e. The predicted octanol–water partition coefficient (Wildman–Crippen LogP) is -0.0504. The number of likely N-dealkylation sites (tertiary alicyclic amines) is 1. The van der Waals surface area contributed by atoms with E-state index in [1.54, 1.807) is 24.3 Å². The molecule has 2 aromatic rings. The Morgan fingerprint density at radius 3 is 3.18 bits per heavy atom. The lowest BCUT2D eigenvalue weighted by Gasteiger charge is -2.23. The molecule has 0 aromatic carbocycles. The number of hydrogen-bond donors (Lipinski definition) is 2. The number of β-amino-alcohol motifs (C(OH)–C–C–N with tert-alkyl or cyclic N) is 1. The molecule has 2 N–H and O–H groups in total. The summed E-state index contributed by atoms with van der Waals surface area (Å²) in [7, 11) is 1.74. The van der Waals surface area contributed by atoms with E-state index < -0.39 is 5.60 Å². The molecule has 3 rings (SSSR count). The number of H-pyrrole nitrogens is 1. The number of nitrogens with one attached hydrogen (secondary N) is 1. The molecule has 3 heterocycles. The molecule has 0 aliphatic carbocycles. The van der Waals surface area contributed by atoms with Gasteiger partial charge in [-0.1, -0.05) is 0 Å². The van der Waals surface area contributed by atoms with Gasteiger partial charge in [0, 0.05) is 20.1 Å². The van der Waals surface area contributed by atoms with Gasteiger partial charge < -0.3 is 14.4 Å². The highest BCUT2D eigenvalue weighted by molar-refractivity contribution is 5.78. The average Bonchev–Trinajstić information content (AvgIpc) is 3.20. The van der Waals surface area contributed by atoms with Crippen molar-refractivity contribution in [3.63, 3.8) is 0 Å². The van der Waals surface area contributed by atoms with E-state index in [4.69, 9.17) is 4.42 Å². The number of hydrogen-bond acceptors (Lipinski definition) is 6. The molecule has 8 heteroatoms. The number of amides is 1. The second kappa shape index (κ2) is 5.90. The number of carbonyl (C=O) groups excluding carboxylic acids is 1. The van der Waals surface area contributed by atoms with Crippen LogP contribution in [0, 0.1) is 0 Å². The number of carbonyl (C=O) groups is 1. The summed E-state index contributed by atoms with van der Waals surface area (Å²) in [5.74, 6) is 0.733. The number of likely N-dealkylation sites (N-methyl/N-ethyl adjacent to an activating group) is 1. The Kier molecular flexibility index (Phi) is 3.95. The summed E-state index contributed by atoms with van der Waals surface area (Å²) in [5.41, 5.74) is -0.515. The van der Waals surface area contributed by atoms with Crippen LogP contribution in [0.4, 0.5) is 0 Å². The van der Waals surface area contributed by atoms with Gasteiger partial charge in [0.2, 0.25) is 5.91 Å². The Hall–Kier alpha value is -2.19. The summed E-state index contributed by atoms with van der Waals surface area (Å²) in [5, 5.41) is 20.8. The highest BCUT2D eigenvalue weighted by atomic mass is 16.3.